The highest BCUT2D eigenvalue weighted by Crippen LogP contribution is 2.50. The Morgan fingerprint density at radius 3 is 2.89 bits per heavy atom. The lowest BCUT2D eigenvalue weighted by atomic mass is 9.84. The van der Waals surface area contributed by atoms with Gasteiger partial charge in [0.05, 0.1) is 0 Å². The Hall–Kier alpha value is -0.520. The molecule has 2 atom stereocenters. The van der Waals surface area contributed by atoms with E-state index in [9.17, 15) is 4.39 Å². The van der Waals surface area contributed by atoms with E-state index in [1.807, 2.05) is 24.3 Å². The van der Waals surface area contributed by atoms with Crippen LogP contribution in [0.1, 0.15) is 18.4 Å². The fourth-order valence-corrected chi connectivity index (χ4v) is 3.25. The number of halogens is 2. The molecule has 1 aromatic rings. The van der Waals surface area contributed by atoms with Gasteiger partial charge in [-0.1, -0.05) is 40.3 Å². The molecular weight excluding hydrogens is 317 g/mol. The Kier molecular flexibility index (Phi) is 3.16. The summed E-state index contributed by atoms with van der Waals surface area (Å²) in [4.78, 5) is 0.579. The van der Waals surface area contributed by atoms with Crippen molar-refractivity contribution in [1.82, 2.24) is 5.32 Å². The summed E-state index contributed by atoms with van der Waals surface area (Å²) in [6.07, 6.45) is 0.656. The normalized spacial score (nSPS) is 32.1. The monoisotopic (exact) mass is 329 g/mol. The van der Waals surface area contributed by atoms with Crippen LogP contribution in [-0.2, 0) is 10.3 Å². The lowest BCUT2D eigenvalue weighted by Crippen LogP contribution is -2.59. The number of hydrogen-bond donors (Lipinski definition) is 1. The first-order valence-electron chi connectivity index (χ1n) is 5.95. The zero-order valence-electron chi connectivity index (χ0n) is 9.66. The zero-order chi connectivity index (χ0) is 12.8. The maximum absolute atomic E-state index is 14.4. The SMILES string of the molecule is FC1OCC(=S)NC1(c1cccc(Br)c1)C1CC1. The minimum atomic E-state index is -1.36. The van der Waals surface area contributed by atoms with Gasteiger partial charge in [0.1, 0.15) is 17.1 Å². The highest BCUT2D eigenvalue weighted by Gasteiger charge is 2.55. The van der Waals surface area contributed by atoms with Crippen LogP contribution in [0.25, 0.3) is 0 Å². The standard InChI is InChI=1S/C13H13BrFNOS/c14-10-3-1-2-9(6-10)13(8-4-5-8)12(15)17-7-11(18)16-13/h1-3,6,8,12H,4-5,7H2,(H,16,18). The Morgan fingerprint density at radius 1 is 1.44 bits per heavy atom. The van der Waals surface area contributed by atoms with Gasteiger partial charge in [-0.15, -0.1) is 0 Å². The van der Waals surface area contributed by atoms with Gasteiger partial charge in [0, 0.05) is 4.47 Å². The molecule has 18 heavy (non-hydrogen) atoms. The number of alkyl halides is 1. The van der Waals surface area contributed by atoms with E-state index in [4.69, 9.17) is 17.0 Å². The van der Waals surface area contributed by atoms with E-state index in [0.29, 0.717) is 4.99 Å². The van der Waals surface area contributed by atoms with E-state index in [2.05, 4.69) is 21.2 Å². The van der Waals surface area contributed by atoms with Gasteiger partial charge in [0.2, 0.25) is 6.36 Å². The summed E-state index contributed by atoms with van der Waals surface area (Å²) in [5.74, 6) is 0.250. The summed E-state index contributed by atoms with van der Waals surface area (Å²) in [6, 6.07) is 7.71. The molecular formula is C13H13BrFNOS. The molecule has 0 amide bonds. The fraction of sp³-hybridized carbons (Fsp3) is 0.462. The van der Waals surface area contributed by atoms with Crippen molar-refractivity contribution in [2.24, 2.45) is 5.92 Å². The highest BCUT2D eigenvalue weighted by molar-refractivity contribution is 9.10. The minimum absolute atomic E-state index is 0.166. The third-order valence-corrected chi connectivity index (χ3v) is 4.30. The lowest BCUT2D eigenvalue weighted by Gasteiger charge is -2.42. The van der Waals surface area contributed by atoms with Crippen LogP contribution >= 0.6 is 28.1 Å². The summed E-state index contributed by atoms with van der Waals surface area (Å²) in [5, 5.41) is 3.20. The van der Waals surface area contributed by atoms with Gasteiger partial charge >= 0.3 is 0 Å². The molecule has 5 heteroatoms. The number of benzene rings is 1. The second-order valence-electron chi connectivity index (χ2n) is 4.83. The predicted octanol–water partition coefficient (Wildman–Crippen LogP) is 3.30. The van der Waals surface area contributed by atoms with Crippen LogP contribution < -0.4 is 5.32 Å². The van der Waals surface area contributed by atoms with Gasteiger partial charge < -0.3 is 10.1 Å². The maximum atomic E-state index is 14.4. The zero-order valence-corrected chi connectivity index (χ0v) is 12.1. The van der Waals surface area contributed by atoms with E-state index in [1.165, 1.54) is 0 Å². The Morgan fingerprint density at radius 2 is 2.22 bits per heavy atom. The Labute approximate surface area is 119 Å². The number of hydrogen-bond acceptors (Lipinski definition) is 2. The summed E-state index contributed by atoms with van der Waals surface area (Å²) >= 11 is 8.61. The van der Waals surface area contributed by atoms with Crippen molar-refractivity contribution in [1.29, 1.82) is 0 Å². The molecule has 1 aromatic carbocycles. The summed E-state index contributed by atoms with van der Waals surface area (Å²) in [5.41, 5.74) is 0.0907. The van der Waals surface area contributed by atoms with Crippen molar-refractivity contribution in [2.75, 3.05) is 6.61 Å². The summed E-state index contributed by atoms with van der Waals surface area (Å²) in [6.45, 7) is 0.166. The third-order valence-electron chi connectivity index (χ3n) is 3.59. The van der Waals surface area contributed by atoms with Gasteiger partial charge in [0.15, 0.2) is 0 Å². The molecule has 1 saturated carbocycles. The van der Waals surface area contributed by atoms with E-state index in [1.54, 1.807) is 0 Å². The first kappa shape index (κ1) is 12.5. The highest BCUT2D eigenvalue weighted by atomic mass is 79.9. The van der Waals surface area contributed by atoms with E-state index < -0.39 is 11.9 Å². The Bertz CT molecular complexity index is 494. The molecule has 1 saturated heterocycles. The molecule has 96 valence electrons. The number of ether oxygens (including phenoxy) is 1. The summed E-state index contributed by atoms with van der Waals surface area (Å²) in [7, 11) is 0. The van der Waals surface area contributed by atoms with Crippen molar-refractivity contribution in [2.45, 2.75) is 24.7 Å². The molecule has 2 unspecified atom stereocenters. The first-order valence-corrected chi connectivity index (χ1v) is 7.16. The molecule has 2 fully saturated rings. The largest absolute Gasteiger partial charge is 0.363 e. The van der Waals surface area contributed by atoms with Crippen molar-refractivity contribution in [3.63, 3.8) is 0 Å². The number of nitrogens with one attached hydrogen (secondary N) is 1. The van der Waals surface area contributed by atoms with Crippen molar-refractivity contribution in [3.8, 4) is 0 Å². The van der Waals surface area contributed by atoms with Gasteiger partial charge in [-0.3, -0.25) is 0 Å². The predicted molar refractivity (Wildman–Crippen MR) is 75.1 cm³/mol. The molecule has 1 N–H and O–H groups in total. The molecule has 1 aliphatic carbocycles. The van der Waals surface area contributed by atoms with Gasteiger partial charge in [-0.25, -0.2) is 4.39 Å². The van der Waals surface area contributed by atoms with Crippen LogP contribution in [0.4, 0.5) is 4.39 Å². The van der Waals surface area contributed by atoms with Crippen LogP contribution in [0.3, 0.4) is 0 Å². The second kappa shape index (κ2) is 4.54. The average molecular weight is 330 g/mol. The quantitative estimate of drug-likeness (QED) is 0.841. The van der Waals surface area contributed by atoms with Gasteiger partial charge in [0.25, 0.3) is 0 Å². The topological polar surface area (TPSA) is 21.3 Å². The first-order chi connectivity index (χ1) is 8.63. The number of thiocarbonyl (C=S) groups is 1. The van der Waals surface area contributed by atoms with Gasteiger partial charge in [-0.05, 0) is 36.5 Å². The van der Waals surface area contributed by atoms with Gasteiger partial charge in [-0.2, -0.15) is 0 Å². The maximum Gasteiger partial charge on any atom is 0.227 e. The fourth-order valence-electron chi connectivity index (χ4n) is 2.61. The summed E-state index contributed by atoms with van der Waals surface area (Å²) < 4.78 is 20.6. The van der Waals surface area contributed by atoms with Crippen LogP contribution in [0, 0.1) is 5.92 Å². The third kappa shape index (κ3) is 1.98. The second-order valence-corrected chi connectivity index (χ2v) is 6.24. The molecule has 2 nitrogen and oxygen atoms in total. The molecule has 0 radical (unpaired) electrons. The van der Waals surface area contributed by atoms with Crippen LogP contribution in [0.2, 0.25) is 0 Å². The molecule has 0 spiro atoms. The van der Waals surface area contributed by atoms with E-state index in [-0.39, 0.29) is 12.5 Å². The molecule has 2 aliphatic rings. The Balaban J connectivity index is 2.07. The lowest BCUT2D eigenvalue weighted by molar-refractivity contribution is -0.107. The molecule has 1 aliphatic heterocycles. The number of morpholine rings is 1. The van der Waals surface area contributed by atoms with Crippen molar-refractivity contribution < 1.29 is 9.13 Å². The average Bonchev–Trinajstić information content (AvgIpc) is 3.17. The smallest absolute Gasteiger partial charge is 0.227 e. The molecule has 0 bridgehead atoms. The van der Waals surface area contributed by atoms with E-state index >= 15 is 0 Å². The molecule has 3 rings (SSSR count). The molecule has 0 aromatic heterocycles. The van der Waals surface area contributed by atoms with Crippen LogP contribution in [-0.4, -0.2) is 18.0 Å². The van der Waals surface area contributed by atoms with Crippen LogP contribution in [0.15, 0.2) is 28.7 Å². The minimum Gasteiger partial charge on any atom is -0.363 e. The number of rotatable bonds is 2. The van der Waals surface area contributed by atoms with Crippen molar-refractivity contribution in [3.05, 3.63) is 34.3 Å². The van der Waals surface area contributed by atoms with Crippen LogP contribution in [0.5, 0.6) is 0 Å². The van der Waals surface area contributed by atoms with E-state index in [0.717, 1.165) is 22.9 Å². The molecule has 1 heterocycles. The van der Waals surface area contributed by atoms with Crippen molar-refractivity contribution >= 4 is 33.1 Å².